The highest BCUT2D eigenvalue weighted by atomic mass is 32.2. The van der Waals surface area contributed by atoms with Crippen LogP contribution < -0.4 is 9.88 Å². The number of rotatable bonds is 6. The van der Waals surface area contributed by atoms with Gasteiger partial charge in [-0.25, -0.2) is 26.4 Å². The molecule has 0 aliphatic carbocycles. The summed E-state index contributed by atoms with van der Waals surface area (Å²) in [5.74, 6) is -1.40. The zero-order valence-electron chi connectivity index (χ0n) is 10.2. The number of benzene rings is 1. The van der Waals surface area contributed by atoms with Crippen molar-refractivity contribution < 1.29 is 26.0 Å². The van der Waals surface area contributed by atoms with Crippen LogP contribution in [0.2, 0.25) is 0 Å². The predicted octanol–water partition coefficient (Wildman–Crippen LogP) is 0.287. The lowest BCUT2D eigenvalue weighted by molar-refractivity contribution is 0.321. The van der Waals surface area contributed by atoms with E-state index in [0.29, 0.717) is 0 Å². The molecule has 2 N–H and O–H groups in total. The lowest BCUT2D eigenvalue weighted by Crippen LogP contribution is -2.16. The molecule has 0 aliphatic rings. The molecule has 6 nitrogen and oxygen atoms in total. The molecule has 0 saturated carbocycles. The molecule has 0 aliphatic heterocycles. The summed E-state index contributed by atoms with van der Waals surface area (Å²) in [5.41, 5.74) is 0. The molecule has 108 valence electrons. The first kappa shape index (κ1) is 15.9. The van der Waals surface area contributed by atoms with E-state index in [2.05, 4.69) is 0 Å². The topological polar surface area (TPSA) is 104 Å². The average Bonchev–Trinajstić information content (AvgIpc) is 2.30. The van der Waals surface area contributed by atoms with Crippen molar-refractivity contribution in [2.24, 2.45) is 5.14 Å². The zero-order chi connectivity index (χ0) is 14.7. The summed E-state index contributed by atoms with van der Waals surface area (Å²) in [4.78, 5) is -0.376. The highest BCUT2D eigenvalue weighted by molar-refractivity contribution is 7.91. The highest BCUT2D eigenvalue weighted by Crippen LogP contribution is 2.20. The zero-order valence-corrected chi connectivity index (χ0v) is 11.8. The summed E-state index contributed by atoms with van der Waals surface area (Å²) in [6, 6.07) is 2.90. The molecule has 0 radical (unpaired) electrons. The van der Waals surface area contributed by atoms with Crippen molar-refractivity contribution >= 4 is 19.9 Å². The molecule has 0 fully saturated rings. The van der Waals surface area contributed by atoms with Crippen LogP contribution in [-0.4, -0.2) is 34.9 Å². The van der Waals surface area contributed by atoms with Gasteiger partial charge in [-0.3, -0.25) is 0 Å². The summed E-state index contributed by atoms with van der Waals surface area (Å²) in [7, 11) is -7.18. The van der Waals surface area contributed by atoms with E-state index in [0.717, 1.165) is 18.2 Å². The quantitative estimate of drug-likeness (QED) is 0.813. The van der Waals surface area contributed by atoms with Gasteiger partial charge in [0, 0.05) is 5.75 Å². The van der Waals surface area contributed by atoms with E-state index in [1.807, 2.05) is 0 Å². The Morgan fingerprint density at radius 2 is 1.89 bits per heavy atom. The van der Waals surface area contributed by atoms with Crippen LogP contribution in [0.3, 0.4) is 0 Å². The molecule has 0 unspecified atom stereocenters. The van der Waals surface area contributed by atoms with Crippen LogP contribution in [0.25, 0.3) is 0 Å². The van der Waals surface area contributed by atoms with E-state index in [9.17, 15) is 21.2 Å². The van der Waals surface area contributed by atoms with Crippen molar-refractivity contribution in [1.82, 2.24) is 0 Å². The molecule has 0 heterocycles. The Morgan fingerprint density at radius 1 is 1.26 bits per heavy atom. The fourth-order valence-electron chi connectivity index (χ4n) is 1.20. The number of sulfonamides is 1. The van der Waals surface area contributed by atoms with Crippen LogP contribution in [0.4, 0.5) is 4.39 Å². The first-order chi connectivity index (χ1) is 8.65. The molecule has 0 aromatic heterocycles. The second-order valence-corrected chi connectivity index (χ2v) is 7.76. The summed E-state index contributed by atoms with van der Waals surface area (Å²) < 4.78 is 62.8. The molecule has 1 rings (SSSR count). The van der Waals surface area contributed by atoms with Gasteiger partial charge in [-0.05, 0) is 18.2 Å². The van der Waals surface area contributed by atoms with Gasteiger partial charge in [0.1, 0.15) is 6.61 Å². The molecule has 0 atom stereocenters. The molecule has 0 spiro atoms. The van der Waals surface area contributed by atoms with Crippen LogP contribution in [0.5, 0.6) is 5.75 Å². The van der Waals surface area contributed by atoms with E-state index in [4.69, 9.17) is 9.88 Å². The number of sulfone groups is 1. The van der Waals surface area contributed by atoms with Crippen LogP contribution in [0.1, 0.15) is 6.92 Å². The number of hydrogen-bond acceptors (Lipinski definition) is 5. The van der Waals surface area contributed by atoms with E-state index >= 15 is 0 Å². The molecule has 0 amide bonds. The van der Waals surface area contributed by atoms with Gasteiger partial charge in [0.05, 0.1) is 10.6 Å². The van der Waals surface area contributed by atoms with Crippen molar-refractivity contribution in [3.63, 3.8) is 0 Å². The van der Waals surface area contributed by atoms with E-state index in [1.54, 1.807) is 0 Å². The lowest BCUT2D eigenvalue weighted by atomic mass is 10.3. The maximum atomic E-state index is 13.5. The standard InChI is InChI=1S/C10H14FNO5S2/c1-2-18(13,14)6-5-17-10-4-3-8(7-9(10)11)19(12,15)16/h3-4,7H,2,5-6H2,1H3,(H2,12,15,16). The molecule has 19 heavy (non-hydrogen) atoms. The fourth-order valence-corrected chi connectivity index (χ4v) is 2.35. The molecule has 1 aromatic rings. The largest absolute Gasteiger partial charge is 0.489 e. The Labute approximate surface area is 111 Å². The van der Waals surface area contributed by atoms with Gasteiger partial charge >= 0.3 is 0 Å². The van der Waals surface area contributed by atoms with Gasteiger partial charge < -0.3 is 4.74 Å². The highest BCUT2D eigenvalue weighted by Gasteiger charge is 2.13. The third-order valence-electron chi connectivity index (χ3n) is 2.32. The van der Waals surface area contributed by atoms with Crippen molar-refractivity contribution in [2.45, 2.75) is 11.8 Å². The molecule has 0 saturated heterocycles. The summed E-state index contributed by atoms with van der Waals surface area (Å²) in [5, 5.41) is 4.84. The third kappa shape index (κ3) is 4.77. The van der Waals surface area contributed by atoms with Gasteiger partial charge in [-0.2, -0.15) is 0 Å². The van der Waals surface area contributed by atoms with Crippen molar-refractivity contribution in [3.8, 4) is 5.75 Å². The van der Waals surface area contributed by atoms with Gasteiger partial charge in [0.15, 0.2) is 21.4 Å². The first-order valence-electron chi connectivity index (χ1n) is 5.31. The van der Waals surface area contributed by atoms with Gasteiger partial charge in [-0.15, -0.1) is 0 Å². The van der Waals surface area contributed by atoms with Gasteiger partial charge in [-0.1, -0.05) is 6.92 Å². The monoisotopic (exact) mass is 311 g/mol. The number of primary sulfonamides is 1. The Morgan fingerprint density at radius 3 is 2.37 bits per heavy atom. The molecule has 9 heteroatoms. The van der Waals surface area contributed by atoms with Gasteiger partial charge in [0.25, 0.3) is 0 Å². The number of halogens is 1. The average molecular weight is 311 g/mol. The van der Waals surface area contributed by atoms with Crippen molar-refractivity contribution in [2.75, 3.05) is 18.1 Å². The molecule has 0 bridgehead atoms. The maximum Gasteiger partial charge on any atom is 0.238 e. The minimum Gasteiger partial charge on any atom is -0.489 e. The minimum atomic E-state index is -3.98. The second-order valence-electron chi connectivity index (χ2n) is 3.72. The van der Waals surface area contributed by atoms with E-state index in [-0.39, 0.29) is 28.8 Å². The molecule has 1 aromatic carbocycles. The number of ether oxygens (including phenoxy) is 1. The fraction of sp³-hybridized carbons (Fsp3) is 0.400. The number of nitrogens with two attached hydrogens (primary N) is 1. The summed E-state index contributed by atoms with van der Waals surface area (Å²) in [6.45, 7) is 1.29. The second kappa shape index (κ2) is 5.85. The maximum absolute atomic E-state index is 13.5. The Balaban J connectivity index is 2.77. The summed E-state index contributed by atoms with van der Waals surface area (Å²) in [6.07, 6.45) is 0. The third-order valence-corrected chi connectivity index (χ3v) is 4.90. The minimum absolute atomic E-state index is 0.0246. The van der Waals surface area contributed by atoms with E-state index in [1.165, 1.54) is 6.92 Å². The van der Waals surface area contributed by atoms with Crippen LogP contribution >= 0.6 is 0 Å². The SMILES string of the molecule is CCS(=O)(=O)CCOc1ccc(S(N)(=O)=O)cc1F. The van der Waals surface area contributed by atoms with Gasteiger partial charge in [0.2, 0.25) is 10.0 Å². The van der Waals surface area contributed by atoms with Crippen molar-refractivity contribution in [3.05, 3.63) is 24.0 Å². The first-order valence-corrected chi connectivity index (χ1v) is 8.68. The summed E-state index contributed by atoms with van der Waals surface area (Å²) >= 11 is 0. The normalized spacial score (nSPS) is 12.4. The Bertz CT molecular complexity index is 654. The molecular formula is C10H14FNO5S2. The molecular weight excluding hydrogens is 297 g/mol. The van der Waals surface area contributed by atoms with Crippen LogP contribution in [-0.2, 0) is 19.9 Å². The Kier molecular flexibility index (Phi) is 4.88. The lowest BCUT2D eigenvalue weighted by Gasteiger charge is -2.08. The number of hydrogen-bond donors (Lipinski definition) is 1. The predicted molar refractivity (Wildman–Crippen MR) is 67.6 cm³/mol. The Hall–Kier alpha value is -1.19. The van der Waals surface area contributed by atoms with Crippen molar-refractivity contribution in [1.29, 1.82) is 0 Å². The van der Waals surface area contributed by atoms with Crippen LogP contribution in [0.15, 0.2) is 23.1 Å². The van der Waals surface area contributed by atoms with Crippen LogP contribution in [0, 0.1) is 5.82 Å². The van der Waals surface area contributed by atoms with E-state index < -0.39 is 25.7 Å². The smallest absolute Gasteiger partial charge is 0.238 e.